The monoisotopic (exact) mass is 218 g/mol. The number of nitrogens with zero attached hydrogens (tertiary/aromatic N) is 2. The molecule has 2 N–H and O–H groups in total. The Morgan fingerprint density at radius 3 is 2.33 bits per heavy atom. The van der Waals surface area contributed by atoms with Crippen molar-refractivity contribution in [1.29, 1.82) is 0 Å². The minimum Gasteiger partial charge on any atom is -0.481 e. The lowest BCUT2D eigenvalue weighted by atomic mass is 10.2. The van der Waals surface area contributed by atoms with Crippen molar-refractivity contribution in [3.8, 4) is 0 Å². The first-order valence-electron chi connectivity index (χ1n) is 5.15. The molecule has 0 fully saturated rings. The van der Waals surface area contributed by atoms with Gasteiger partial charge in [-0.05, 0) is 40.7 Å². The van der Waals surface area contributed by atoms with Gasteiger partial charge in [-0.2, -0.15) is 0 Å². The topological polar surface area (TPSA) is 64.0 Å². The van der Waals surface area contributed by atoms with E-state index in [4.69, 9.17) is 5.11 Å². The molecule has 0 rings (SSSR count). The van der Waals surface area contributed by atoms with Crippen molar-refractivity contribution in [2.45, 2.75) is 18.9 Å². The van der Waals surface area contributed by atoms with Crippen molar-refractivity contribution in [2.24, 2.45) is 0 Å². The van der Waals surface area contributed by atoms with E-state index in [2.05, 4.69) is 4.90 Å². The van der Waals surface area contributed by atoms with Crippen LogP contribution in [0.25, 0.3) is 0 Å². The van der Waals surface area contributed by atoms with E-state index in [0.29, 0.717) is 6.54 Å². The molecule has 0 spiro atoms. The molecule has 15 heavy (non-hydrogen) atoms. The van der Waals surface area contributed by atoms with Gasteiger partial charge in [0.05, 0.1) is 12.5 Å². The van der Waals surface area contributed by atoms with Crippen LogP contribution in [0.3, 0.4) is 0 Å². The number of hydrogen-bond donors (Lipinski definition) is 2. The molecule has 0 aliphatic heterocycles. The first kappa shape index (κ1) is 14.3. The summed E-state index contributed by atoms with van der Waals surface area (Å²) in [6.07, 6.45) is 0.0632. The van der Waals surface area contributed by atoms with E-state index in [0.717, 1.165) is 19.5 Å². The van der Waals surface area contributed by atoms with Crippen LogP contribution in [0, 0.1) is 0 Å². The first-order valence-corrected chi connectivity index (χ1v) is 5.15. The first-order chi connectivity index (χ1) is 6.91. The van der Waals surface area contributed by atoms with Crippen LogP contribution in [0.4, 0.5) is 0 Å². The highest BCUT2D eigenvalue weighted by molar-refractivity contribution is 5.67. The van der Waals surface area contributed by atoms with Gasteiger partial charge in [-0.15, -0.1) is 0 Å². The number of aliphatic carboxylic acids is 1. The second-order valence-corrected chi connectivity index (χ2v) is 4.17. The number of rotatable bonds is 8. The van der Waals surface area contributed by atoms with Gasteiger partial charge >= 0.3 is 5.97 Å². The van der Waals surface area contributed by atoms with Crippen molar-refractivity contribution in [3.05, 3.63) is 0 Å². The Labute approximate surface area is 91.3 Å². The molecule has 0 aromatic carbocycles. The fraction of sp³-hybridized carbons (Fsp3) is 0.900. The Hall–Kier alpha value is -0.650. The van der Waals surface area contributed by atoms with E-state index in [9.17, 15) is 9.90 Å². The maximum atomic E-state index is 10.3. The summed E-state index contributed by atoms with van der Waals surface area (Å²) in [5, 5.41) is 17.8. The van der Waals surface area contributed by atoms with E-state index in [1.165, 1.54) is 0 Å². The van der Waals surface area contributed by atoms with Gasteiger partial charge < -0.3 is 20.0 Å². The van der Waals surface area contributed by atoms with Gasteiger partial charge in [-0.1, -0.05) is 0 Å². The van der Waals surface area contributed by atoms with Crippen molar-refractivity contribution in [1.82, 2.24) is 9.80 Å². The molecule has 0 amide bonds. The third-order valence-corrected chi connectivity index (χ3v) is 2.08. The largest absolute Gasteiger partial charge is 0.481 e. The van der Waals surface area contributed by atoms with Gasteiger partial charge in [0.1, 0.15) is 0 Å². The minimum atomic E-state index is -0.954. The Balaban J connectivity index is 3.55. The fourth-order valence-electron chi connectivity index (χ4n) is 1.37. The molecule has 0 saturated carbocycles. The van der Waals surface area contributed by atoms with Crippen LogP contribution in [0.1, 0.15) is 12.8 Å². The zero-order valence-corrected chi connectivity index (χ0v) is 9.81. The molecule has 0 bridgehead atoms. The lowest BCUT2D eigenvalue weighted by molar-refractivity contribution is -0.139. The minimum absolute atomic E-state index is 0.183. The smallest absolute Gasteiger partial charge is 0.306 e. The highest BCUT2D eigenvalue weighted by atomic mass is 16.4. The zero-order chi connectivity index (χ0) is 11.8. The van der Waals surface area contributed by atoms with Crippen LogP contribution in [-0.4, -0.2) is 72.9 Å². The predicted molar refractivity (Wildman–Crippen MR) is 58.9 cm³/mol. The van der Waals surface area contributed by atoms with Crippen molar-refractivity contribution < 1.29 is 15.0 Å². The van der Waals surface area contributed by atoms with E-state index < -0.39 is 12.1 Å². The molecule has 0 aromatic heterocycles. The Morgan fingerprint density at radius 2 is 1.87 bits per heavy atom. The zero-order valence-electron chi connectivity index (χ0n) is 9.81. The number of aliphatic hydroxyl groups is 1. The summed E-state index contributed by atoms with van der Waals surface area (Å²) in [7, 11) is 5.92. The van der Waals surface area contributed by atoms with E-state index in [1.807, 2.05) is 26.0 Å². The van der Waals surface area contributed by atoms with Crippen molar-refractivity contribution >= 4 is 5.97 Å². The molecular formula is C10H22N2O3. The van der Waals surface area contributed by atoms with Crippen LogP contribution in [0.2, 0.25) is 0 Å². The summed E-state index contributed by atoms with van der Waals surface area (Å²) >= 11 is 0. The number of carbonyl (C=O) groups is 1. The summed E-state index contributed by atoms with van der Waals surface area (Å²) in [4.78, 5) is 14.4. The van der Waals surface area contributed by atoms with Crippen LogP contribution in [-0.2, 0) is 4.79 Å². The number of aliphatic hydroxyl groups excluding tert-OH is 1. The third kappa shape index (κ3) is 9.65. The van der Waals surface area contributed by atoms with Crippen LogP contribution in [0.5, 0.6) is 0 Å². The number of carboxylic acid groups (broad SMARTS) is 1. The Morgan fingerprint density at radius 1 is 1.27 bits per heavy atom. The van der Waals surface area contributed by atoms with Gasteiger partial charge in [-0.3, -0.25) is 4.79 Å². The number of likely N-dealkylation sites (N-methyl/N-ethyl adjacent to an activating group) is 1. The predicted octanol–water partition coefficient (Wildman–Crippen LogP) is -0.294. The highest BCUT2D eigenvalue weighted by Gasteiger charge is 2.11. The molecule has 0 radical (unpaired) electrons. The van der Waals surface area contributed by atoms with Crippen molar-refractivity contribution in [2.75, 3.05) is 40.8 Å². The quantitative estimate of drug-likeness (QED) is 0.586. The van der Waals surface area contributed by atoms with Gasteiger partial charge in [0.15, 0.2) is 0 Å². The average Bonchev–Trinajstić information content (AvgIpc) is 2.00. The third-order valence-electron chi connectivity index (χ3n) is 2.08. The molecule has 1 atom stereocenters. The fourth-order valence-corrected chi connectivity index (χ4v) is 1.37. The lowest BCUT2D eigenvalue weighted by Gasteiger charge is -2.20. The van der Waals surface area contributed by atoms with Gasteiger partial charge in [0, 0.05) is 6.54 Å². The van der Waals surface area contributed by atoms with E-state index >= 15 is 0 Å². The van der Waals surface area contributed by atoms with E-state index in [-0.39, 0.29) is 6.42 Å². The summed E-state index contributed by atoms with van der Waals surface area (Å²) in [5.74, 6) is -0.954. The maximum Gasteiger partial charge on any atom is 0.306 e. The molecule has 5 heteroatoms. The molecule has 0 saturated heterocycles. The molecule has 5 nitrogen and oxygen atoms in total. The number of hydrogen-bond acceptors (Lipinski definition) is 4. The van der Waals surface area contributed by atoms with E-state index in [1.54, 1.807) is 0 Å². The van der Waals surface area contributed by atoms with Crippen LogP contribution >= 0.6 is 0 Å². The highest BCUT2D eigenvalue weighted by Crippen LogP contribution is 1.96. The van der Waals surface area contributed by atoms with Gasteiger partial charge in [-0.25, -0.2) is 0 Å². The molecule has 0 aliphatic carbocycles. The summed E-state index contributed by atoms with van der Waals surface area (Å²) in [6.45, 7) is 2.29. The Bertz CT molecular complexity index is 186. The molecule has 90 valence electrons. The second-order valence-electron chi connectivity index (χ2n) is 4.17. The second kappa shape index (κ2) is 7.62. The number of carboxylic acids is 1. The SMILES string of the molecule is CN(C)CCCN(C)CC(O)CC(=O)O. The summed E-state index contributed by atoms with van der Waals surface area (Å²) in [5.41, 5.74) is 0. The lowest BCUT2D eigenvalue weighted by Crippen LogP contribution is -2.32. The summed E-state index contributed by atoms with van der Waals surface area (Å²) < 4.78 is 0. The maximum absolute atomic E-state index is 10.3. The van der Waals surface area contributed by atoms with Crippen molar-refractivity contribution in [3.63, 3.8) is 0 Å². The van der Waals surface area contributed by atoms with Crippen LogP contribution in [0.15, 0.2) is 0 Å². The molecule has 0 aromatic rings. The molecule has 0 heterocycles. The molecular weight excluding hydrogens is 196 g/mol. The molecule has 1 unspecified atom stereocenters. The average molecular weight is 218 g/mol. The van der Waals surface area contributed by atoms with Crippen LogP contribution < -0.4 is 0 Å². The normalized spacial score (nSPS) is 13.5. The van der Waals surface area contributed by atoms with Gasteiger partial charge in [0.2, 0.25) is 0 Å². The van der Waals surface area contributed by atoms with Gasteiger partial charge in [0.25, 0.3) is 0 Å². The standard InChI is InChI=1S/C10H22N2O3/c1-11(2)5-4-6-12(3)8-9(13)7-10(14)15/h9,13H,4-8H2,1-3H3,(H,14,15). The Kier molecular flexibility index (Phi) is 7.29. The summed E-state index contributed by atoms with van der Waals surface area (Å²) in [6, 6.07) is 0. The molecule has 0 aliphatic rings.